The van der Waals surface area contributed by atoms with E-state index in [-0.39, 0.29) is 17.2 Å². The first-order valence-corrected chi connectivity index (χ1v) is 9.84. The number of hydrogen-bond acceptors (Lipinski definition) is 4. The molecular formula is C23H24N4O2. The van der Waals surface area contributed by atoms with Crippen LogP contribution in [-0.2, 0) is 6.54 Å². The van der Waals surface area contributed by atoms with Crippen LogP contribution in [0.2, 0.25) is 0 Å². The quantitative estimate of drug-likeness (QED) is 0.729. The van der Waals surface area contributed by atoms with Gasteiger partial charge < -0.3 is 5.32 Å². The highest BCUT2D eigenvalue weighted by molar-refractivity contribution is 5.92. The van der Waals surface area contributed by atoms with Gasteiger partial charge in [-0.1, -0.05) is 48.5 Å². The van der Waals surface area contributed by atoms with E-state index in [0.717, 1.165) is 31.7 Å². The van der Waals surface area contributed by atoms with Crippen LogP contribution in [0.5, 0.6) is 0 Å². The smallest absolute Gasteiger partial charge is 0.276 e. The van der Waals surface area contributed by atoms with Crippen molar-refractivity contribution in [3.63, 3.8) is 0 Å². The Labute approximate surface area is 169 Å². The molecular weight excluding hydrogens is 364 g/mol. The lowest BCUT2D eigenvalue weighted by Crippen LogP contribution is -2.40. The summed E-state index contributed by atoms with van der Waals surface area (Å²) in [5.41, 5.74) is 2.33. The number of likely N-dealkylation sites (tertiary alicyclic amines) is 1. The summed E-state index contributed by atoms with van der Waals surface area (Å²) in [6.45, 7) is 4.34. The second kappa shape index (κ2) is 8.41. The predicted molar refractivity (Wildman–Crippen MR) is 112 cm³/mol. The summed E-state index contributed by atoms with van der Waals surface area (Å²) in [4.78, 5) is 27.5. The molecule has 0 saturated carbocycles. The number of carbonyl (C=O) groups excluding carboxylic acids is 1. The minimum absolute atomic E-state index is 0.0129. The molecule has 0 bridgehead atoms. The van der Waals surface area contributed by atoms with Crippen molar-refractivity contribution in [2.24, 2.45) is 0 Å². The average Bonchev–Trinajstić information content (AvgIpc) is 3.16. The van der Waals surface area contributed by atoms with Gasteiger partial charge in [0.1, 0.15) is 0 Å². The number of rotatable bonds is 5. The summed E-state index contributed by atoms with van der Waals surface area (Å²) >= 11 is 0. The first-order valence-electron chi connectivity index (χ1n) is 9.84. The van der Waals surface area contributed by atoms with Gasteiger partial charge in [0, 0.05) is 37.4 Å². The number of nitrogens with zero attached hydrogens (tertiary/aromatic N) is 3. The third-order valence-corrected chi connectivity index (χ3v) is 5.18. The van der Waals surface area contributed by atoms with Gasteiger partial charge in [0.2, 0.25) is 5.43 Å². The van der Waals surface area contributed by atoms with E-state index < -0.39 is 5.91 Å². The highest BCUT2D eigenvalue weighted by Gasteiger charge is 2.26. The lowest BCUT2D eigenvalue weighted by atomic mass is 10.2. The van der Waals surface area contributed by atoms with Crippen LogP contribution in [0.1, 0.15) is 28.2 Å². The second-order valence-corrected chi connectivity index (χ2v) is 7.43. The lowest BCUT2D eigenvalue weighted by Gasteiger charge is -2.17. The second-order valence-electron chi connectivity index (χ2n) is 7.43. The molecule has 0 unspecified atom stereocenters. The number of benzene rings is 2. The SMILES string of the molecule is Cc1cc(=O)c(C(=O)N[C@H]2CCN(Cc3ccccc3)C2)nn1-c1ccccc1. The molecule has 29 heavy (non-hydrogen) atoms. The molecule has 1 atom stereocenters. The van der Waals surface area contributed by atoms with Crippen LogP contribution in [0.25, 0.3) is 5.69 Å². The first-order chi connectivity index (χ1) is 14.1. The molecule has 1 N–H and O–H groups in total. The van der Waals surface area contributed by atoms with E-state index in [1.807, 2.05) is 55.5 Å². The Bertz CT molecular complexity index is 1050. The number of amides is 1. The zero-order valence-electron chi connectivity index (χ0n) is 16.4. The molecule has 0 radical (unpaired) electrons. The average molecular weight is 388 g/mol. The minimum atomic E-state index is -0.411. The molecule has 2 heterocycles. The van der Waals surface area contributed by atoms with Crippen molar-refractivity contribution in [1.29, 1.82) is 0 Å². The number of hydrogen-bond donors (Lipinski definition) is 1. The fourth-order valence-corrected chi connectivity index (χ4v) is 3.72. The topological polar surface area (TPSA) is 67.2 Å². The van der Waals surface area contributed by atoms with Crippen molar-refractivity contribution in [2.75, 3.05) is 13.1 Å². The van der Waals surface area contributed by atoms with Crippen molar-refractivity contribution in [2.45, 2.75) is 25.9 Å². The van der Waals surface area contributed by atoms with E-state index in [2.05, 4.69) is 27.4 Å². The third-order valence-electron chi connectivity index (χ3n) is 5.18. The van der Waals surface area contributed by atoms with E-state index in [1.165, 1.54) is 11.6 Å². The number of carbonyl (C=O) groups is 1. The molecule has 148 valence electrons. The maximum absolute atomic E-state index is 12.8. The fraction of sp³-hybridized carbons (Fsp3) is 0.261. The molecule has 2 aromatic carbocycles. The number of aryl methyl sites for hydroxylation is 1. The molecule has 1 aromatic heterocycles. The molecule has 0 spiro atoms. The Morgan fingerprint density at radius 1 is 1.10 bits per heavy atom. The third kappa shape index (κ3) is 4.43. The van der Waals surface area contributed by atoms with Crippen LogP contribution >= 0.6 is 0 Å². The summed E-state index contributed by atoms with van der Waals surface area (Å²) in [5, 5.41) is 7.34. The van der Waals surface area contributed by atoms with E-state index in [4.69, 9.17) is 0 Å². The van der Waals surface area contributed by atoms with Gasteiger partial charge in [-0.15, -0.1) is 0 Å². The standard InChI is InChI=1S/C23H24N4O2/c1-17-14-21(28)22(25-27(17)20-10-6-3-7-11-20)23(29)24-19-12-13-26(16-19)15-18-8-4-2-5-9-18/h2-11,14,19H,12-13,15-16H2,1H3,(H,24,29)/t19-/m0/s1. The van der Waals surface area contributed by atoms with Crippen LogP contribution in [0.3, 0.4) is 0 Å². The minimum Gasteiger partial charge on any atom is -0.346 e. The molecule has 0 aliphatic carbocycles. The highest BCUT2D eigenvalue weighted by atomic mass is 16.2. The van der Waals surface area contributed by atoms with Crippen LogP contribution in [0.15, 0.2) is 71.5 Å². The molecule has 6 heteroatoms. The van der Waals surface area contributed by atoms with E-state index in [1.54, 1.807) is 4.68 Å². The van der Waals surface area contributed by atoms with Crippen molar-refractivity contribution < 1.29 is 4.79 Å². The Morgan fingerprint density at radius 3 is 2.52 bits per heavy atom. The Hall–Kier alpha value is -3.25. The molecule has 1 amide bonds. The zero-order chi connectivity index (χ0) is 20.2. The normalized spacial score (nSPS) is 16.7. The Kier molecular flexibility index (Phi) is 5.53. The molecule has 6 nitrogen and oxygen atoms in total. The van der Waals surface area contributed by atoms with Crippen LogP contribution in [0.4, 0.5) is 0 Å². The lowest BCUT2D eigenvalue weighted by molar-refractivity contribution is 0.0929. The van der Waals surface area contributed by atoms with Gasteiger partial charge in [-0.2, -0.15) is 5.10 Å². The number of para-hydroxylation sites is 1. The van der Waals surface area contributed by atoms with Crippen LogP contribution in [0, 0.1) is 6.92 Å². The van der Waals surface area contributed by atoms with Gasteiger partial charge in [0.25, 0.3) is 5.91 Å². The maximum atomic E-state index is 12.8. The molecule has 3 aromatic rings. The summed E-state index contributed by atoms with van der Waals surface area (Å²) in [5.74, 6) is -0.411. The van der Waals surface area contributed by atoms with Crippen molar-refractivity contribution >= 4 is 5.91 Å². The van der Waals surface area contributed by atoms with Crippen molar-refractivity contribution in [1.82, 2.24) is 20.0 Å². The largest absolute Gasteiger partial charge is 0.346 e. The fourth-order valence-electron chi connectivity index (χ4n) is 3.72. The van der Waals surface area contributed by atoms with Crippen LogP contribution in [-0.4, -0.2) is 39.7 Å². The molecule has 1 fully saturated rings. The van der Waals surface area contributed by atoms with Gasteiger partial charge in [-0.25, -0.2) is 4.68 Å². The zero-order valence-corrected chi connectivity index (χ0v) is 16.4. The van der Waals surface area contributed by atoms with Gasteiger partial charge in [-0.05, 0) is 31.0 Å². The maximum Gasteiger partial charge on any atom is 0.276 e. The van der Waals surface area contributed by atoms with E-state index in [9.17, 15) is 9.59 Å². The van der Waals surface area contributed by atoms with Gasteiger partial charge in [0.15, 0.2) is 5.69 Å². The predicted octanol–water partition coefficient (Wildman–Crippen LogP) is 2.55. The molecule has 1 saturated heterocycles. The van der Waals surface area contributed by atoms with Crippen LogP contribution < -0.4 is 10.7 Å². The summed E-state index contributed by atoms with van der Waals surface area (Å²) < 4.78 is 1.63. The van der Waals surface area contributed by atoms with Gasteiger partial charge in [-0.3, -0.25) is 14.5 Å². The van der Waals surface area contributed by atoms with Crippen molar-refractivity contribution in [3.8, 4) is 5.69 Å². The van der Waals surface area contributed by atoms with Gasteiger partial charge >= 0.3 is 0 Å². The number of aromatic nitrogens is 2. The van der Waals surface area contributed by atoms with Gasteiger partial charge in [0.05, 0.1) is 5.69 Å². The van der Waals surface area contributed by atoms with Crippen molar-refractivity contribution in [3.05, 3.63) is 93.9 Å². The Morgan fingerprint density at radius 2 is 1.79 bits per heavy atom. The number of nitrogens with one attached hydrogen (secondary N) is 1. The highest BCUT2D eigenvalue weighted by Crippen LogP contribution is 2.14. The summed E-state index contributed by atoms with van der Waals surface area (Å²) in [7, 11) is 0. The van der Waals surface area contributed by atoms with E-state index in [0.29, 0.717) is 5.69 Å². The summed E-state index contributed by atoms with van der Waals surface area (Å²) in [6.07, 6.45) is 0.858. The summed E-state index contributed by atoms with van der Waals surface area (Å²) in [6, 6.07) is 21.3. The first kappa shape index (κ1) is 19.1. The molecule has 1 aliphatic heterocycles. The Balaban J connectivity index is 1.46. The van der Waals surface area contributed by atoms with E-state index >= 15 is 0 Å². The molecule has 4 rings (SSSR count). The monoisotopic (exact) mass is 388 g/mol. The molecule has 1 aliphatic rings.